The van der Waals surface area contributed by atoms with Gasteiger partial charge in [0.25, 0.3) is 0 Å². The van der Waals surface area contributed by atoms with Crippen molar-refractivity contribution >= 4 is 5.82 Å². The maximum atomic E-state index is 5.63. The zero-order valence-corrected chi connectivity index (χ0v) is 8.59. The number of nitrogens with one attached hydrogen (secondary N) is 1. The molecule has 1 fully saturated rings. The molecule has 0 unspecified atom stereocenters. The number of nitrogens with zero attached hydrogens (tertiary/aromatic N) is 1. The van der Waals surface area contributed by atoms with Gasteiger partial charge in [0.15, 0.2) is 0 Å². The second-order valence-electron chi connectivity index (χ2n) is 3.91. The predicted molar refractivity (Wildman–Crippen MR) is 58.0 cm³/mol. The highest BCUT2D eigenvalue weighted by molar-refractivity contribution is 5.35. The molecule has 0 aromatic carbocycles. The largest absolute Gasteiger partial charge is 0.384 e. The number of hydrogen-bond donors (Lipinski definition) is 2. The van der Waals surface area contributed by atoms with Crippen LogP contribution in [0.4, 0.5) is 5.82 Å². The molecule has 1 aliphatic heterocycles. The zero-order valence-electron chi connectivity index (χ0n) is 8.59. The predicted octanol–water partition coefficient (Wildman–Crippen LogP) is 1.79. The Morgan fingerprint density at radius 2 is 2.29 bits per heavy atom. The minimum Gasteiger partial charge on any atom is -0.384 e. The molecule has 1 aromatic heterocycles. The number of hydrogen-bond acceptors (Lipinski definition) is 3. The average Bonchev–Trinajstić information content (AvgIpc) is 2.19. The zero-order chi connectivity index (χ0) is 9.97. The Hall–Kier alpha value is -1.09. The molecular formula is C11H17N3. The summed E-state index contributed by atoms with van der Waals surface area (Å²) in [5.74, 6) is 0.613. The molecule has 14 heavy (non-hydrogen) atoms. The van der Waals surface area contributed by atoms with Gasteiger partial charge in [0.05, 0.1) is 0 Å². The van der Waals surface area contributed by atoms with Crippen LogP contribution in [0.25, 0.3) is 0 Å². The maximum absolute atomic E-state index is 5.63. The van der Waals surface area contributed by atoms with Gasteiger partial charge in [0.2, 0.25) is 0 Å². The van der Waals surface area contributed by atoms with Crippen LogP contribution in [-0.4, -0.2) is 11.5 Å². The summed E-state index contributed by atoms with van der Waals surface area (Å²) >= 11 is 0. The smallest absolute Gasteiger partial charge is 0.123 e. The van der Waals surface area contributed by atoms with E-state index < -0.39 is 0 Å². The van der Waals surface area contributed by atoms with Gasteiger partial charge in [-0.05, 0) is 37.9 Å². The van der Waals surface area contributed by atoms with E-state index in [2.05, 4.69) is 16.4 Å². The van der Waals surface area contributed by atoms with E-state index in [0.717, 1.165) is 12.2 Å². The maximum Gasteiger partial charge on any atom is 0.123 e. The Bertz CT molecular complexity index is 316. The van der Waals surface area contributed by atoms with Crippen molar-refractivity contribution < 1.29 is 0 Å². The topological polar surface area (TPSA) is 50.9 Å². The fourth-order valence-electron chi connectivity index (χ4n) is 2.08. The summed E-state index contributed by atoms with van der Waals surface area (Å²) in [5.41, 5.74) is 7.99. The van der Waals surface area contributed by atoms with Crippen molar-refractivity contribution in [3.8, 4) is 0 Å². The summed E-state index contributed by atoms with van der Waals surface area (Å²) < 4.78 is 0. The van der Waals surface area contributed by atoms with Gasteiger partial charge in [0, 0.05) is 11.7 Å². The number of anilines is 1. The minimum absolute atomic E-state index is 0.483. The molecule has 1 aromatic rings. The number of aromatic nitrogens is 1. The van der Waals surface area contributed by atoms with Crippen LogP contribution in [0.1, 0.15) is 36.6 Å². The summed E-state index contributed by atoms with van der Waals surface area (Å²) in [5, 5.41) is 3.51. The monoisotopic (exact) mass is 191 g/mol. The first-order valence-electron chi connectivity index (χ1n) is 5.24. The van der Waals surface area contributed by atoms with Crippen LogP contribution in [0.3, 0.4) is 0 Å². The van der Waals surface area contributed by atoms with Crippen LogP contribution in [0, 0.1) is 6.92 Å². The van der Waals surface area contributed by atoms with E-state index in [-0.39, 0.29) is 0 Å². The first-order valence-corrected chi connectivity index (χ1v) is 5.24. The van der Waals surface area contributed by atoms with Gasteiger partial charge in [-0.3, -0.25) is 0 Å². The van der Waals surface area contributed by atoms with Crippen LogP contribution in [0.2, 0.25) is 0 Å². The Balaban J connectivity index is 2.22. The number of pyridine rings is 1. The normalized spacial score (nSPS) is 22.2. The molecule has 2 heterocycles. The SMILES string of the molecule is Cc1nc(N)ccc1[C@H]1CCCCN1. The molecule has 3 N–H and O–H groups in total. The highest BCUT2D eigenvalue weighted by Gasteiger charge is 2.16. The van der Waals surface area contributed by atoms with Crippen molar-refractivity contribution in [2.75, 3.05) is 12.3 Å². The van der Waals surface area contributed by atoms with Gasteiger partial charge in [0.1, 0.15) is 5.82 Å². The van der Waals surface area contributed by atoms with Crippen molar-refractivity contribution in [2.24, 2.45) is 0 Å². The molecule has 2 rings (SSSR count). The third-order valence-electron chi connectivity index (χ3n) is 2.83. The number of rotatable bonds is 1. The van der Waals surface area contributed by atoms with E-state index in [1.807, 2.05) is 13.0 Å². The summed E-state index contributed by atoms with van der Waals surface area (Å²) in [7, 11) is 0. The fourth-order valence-corrected chi connectivity index (χ4v) is 2.08. The fraction of sp³-hybridized carbons (Fsp3) is 0.545. The third-order valence-corrected chi connectivity index (χ3v) is 2.83. The lowest BCUT2D eigenvalue weighted by molar-refractivity contribution is 0.410. The van der Waals surface area contributed by atoms with E-state index in [1.54, 1.807) is 0 Å². The second-order valence-corrected chi connectivity index (χ2v) is 3.91. The standard InChI is InChI=1S/C11H17N3/c1-8-9(5-6-11(12)14-8)10-4-2-3-7-13-10/h5-6,10,13H,2-4,7H2,1H3,(H2,12,14)/t10-/m1/s1. The van der Waals surface area contributed by atoms with Crippen LogP contribution in [0.5, 0.6) is 0 Å². The highest BCUT2D eigenvalue weighted by atomic mass is 14.9. The van der Waals surface area contributed by atoms with Crippen molar-refractivity contribution in [2.45, 2.75) is 32.2 Å². The molecule has 0 spiro atoms. The van der Waals surface area contributed by atoms with Gasteiger partial charge < -0.3 is 11.1 Å². The van der Waals surface area contributed by atoms with Crippen LogP contribution >= 0.6 is 0 Å². The lowest BCUT2D eigenvalue weighted by Crippen LogP contribution is -2.27. The van der Waals surface area contributed by atoms with Gasteiger partial charge >= 0.3 is 0 Å². The molecule has 0 bridgehead atoms. The van der Waals surface area contributed by atoms with Gasteiger partial charge in [-0.2, -0.15) is 0 Å². The summed E-state index contributed by atoms with van der Waals surface area (Å²) in [6, 6.07) is 4.47. The number of nitrogens with two attached hydrogens (primary N) is 1. The van der Waals surface area contributed by atoms with E-state index >= 15 is 0 Å². The third kappa shape index (κ3) is 1.87. The van der Waals surface area contributed by atoms with Gasteiger partial charge in [-0.15, -0.1) is 0 Å². The van der Waals surface area contributed by atoms with Crippen LogP contribution in [0.15, 0.2) is 12.1 Å². The van der Waals surface area contributed by atoms with Crippen molar-refractivity contribution in [1.29, 1.82) is 0 Å². The summed E-state index contributed by atoms with van der Waals surface area (Å²) in [6.07, 6.45) is 3.81. The molecular weight excluding hydrogens is 174 g/mol. The molecule has 0 amide bonds. The Labute approximate surface area is 84.7 Å². The van der Waals surface area contributed by atoms with Gasteiger partial charge in [-0.1, -0.05) is 12.5 Å². The summed E-state index contributed by atoms with van der Waals surface area (Å²) in [4.78, 5) is 4.29. The molecule has 1 atom stereocenters. The Morgan fingerprint density at radius 3 is 2.93 bits per heavy atom. The van der Waals surface area contributed by atoms with E-state index in [0.29, 0.717) is 11.9 Å². The molecule has 1 aliphatic rings. The summed E-state index contributed by atoms with van der Waals surface area (Å²) in [6.45, 7) is 3.15. The molecule has 76 valence electrons. The van der Waals surface area contributed by atoms with Crippen LogP contribution in [-0.2, 0) is 0 Å². The van der Waals surface area contributed by atoms with Crippen molar-refractivity contribution in [3.05, 3.63) is 23.4 Å². The lowest BCUT2D eigenvalue weighted by Gasteiger charge is -2.24. The average molecular weight is 191 g/mol. The van der Waals surface area contributed by atoms with Gasteiger partial charge in [-0.25, -0.2) is 4.98 Å². The molecule has 0 radical (unpaired) electrons. The number of nitrogen functional groups attached to an aromatic ring is 1. The molecule has 3 heteroatoms. The minimum atomic E-state index is 0.483. The van der Waals surface area contributed by atoms with Crippen LogP contribution < -0.4 is 11.1 Å². The molecule has 0 saturated carbocycles. The van der Waals surface area contributed by atoms with Crippen molar-refractivity contribution in [3.63, 3.8) is 0 Å². The first-order chi connectivity index (χ1) is 6.77. The Kier molecular flexibility index (Phi) is 2.68. The molecule has 1 saturated heterocycles. The quantitative estimate of drug-likeness (QED) is 0.711. The van der Waals surface area contributed by atoms with E-state index in [9.17, 15) is 0 Å². The molecule has 0 aliphatic carbocycles. The number of aryl methyl sites for hydroxylation is 1. The number of piperidine rings is 1. The molecule has 3 nitrogen and oxygen atoms in total. The van der Waals surface area contributed by atoms with E-state index in [1.165, 1.54) is 24.8 Å². The second kappa shape index (κ2) is 3.96. The highest BCUT2D eigenvalue weighted by Crippen LogP contribution is 2.24. The van der Waals surface area contributed by atoms with E-state index in [4.69, 9.17) is 5.73 Å². The van der Waals surface area contributed by atoms with Crippen molar-refractivity contribution in [1.82, 2.24) is 10.3 Å². The first kappa shape index (κ1) is 9.46. The lowest BCUT2D eigenvalue weighted by atomic mass is 9.97. The Morgan fingerprint density at radius 1 is 1.43 bits per heavy atom.